The van der Waals surface area contributed by atoms with Gasteiger partial charge in [-0.05, 0) is 75.5 Å². The molecule has 0 saturated carbocycles. The zero-order valence-corrected chi connectivity index (χ0v) is 17.3. The van der Waals surface area contributed by atoms with Gasteiger partial charge in [0.2, 0.25) is 0 Å². The van der Waals surface area contributed by atoms with E-state index in [0.717, 1.165) is 15.7 Å². The Hall–Kier alpha value is -1.57. The number of hydrogen-bond acceptors (Lipinski definition) is 4. The van der Waals surface area contributed by atoms with E-state index < -0.39 is 17.6 Å². The van der Waals surface area contributed by atoms with E-state index >= 15 is 0 Å². The van der Waals surface area contributed by atoms with Gasteiger partial charge in [0.05, 0.1) is 21.9 Å². The molecule has 2 rings (SSSR count). The van der Waals surface area contributed by atoms with Crippen LogP contribution >= 0.6 is 45.2 Å². The van der Waals surface area contributed by atoms with Crippen molar-refractivity contribution in [3.63, 3.8) is 0 Å². The number of nitrogens with zero attached hydrogens (tertiary/aromatic N) is 1. The van der Waals surface area contributed by atoms with Crippen molar-refractivity contribution in [3.8, 4) is 5.75 Å². The Kier molecular flexibility index (Phi) is 7.08. The third kappa shape index (κ3) is 6.00. The van der Waals surface area contributed by atoms with Crippen molar-refractivity contribution in [1.82, 2.24) is 5.43 Å². The molecule has 0 aliphatic rings. The average molecular weight is 589 g/mol. The predicted octanol–water partition coefficient (Wildman–Crippen LogP) is 4.18. The lowest BCUT2D eigenvalue weighted by Crippen LogP contribution is -2.26. The molecular weight excluding hydrogens is 577 g/mol. The molecule has 0 atom stereocenters. The van der Waals surface area contributed by atoms with Crippen LogP contribution in [0.4, 0.5) is 18.9 Å². The molecule has 0 fully saturated rings. The first-order valence-corrected chi connectivity index (χ1v) is 9.23. The molecule has 0 aliphatic carbocycles. The highest BCUT2D eigenvalue weighted by atomic mass is 127. The molecule has 2 aromatic rings. The Morgan fingerprint density at radius 1 is 1.23 bits per heavy atom. The van der Waals surface area contributed by atoms with Crippen LogP contribution in [0.25, 0.3) is 0 Å². The highest BCUT2D eigenvalue weighted by Crippen LogP contribution is 2.30. The Morgan fingerprint density at radius 3 is 2.65 bits per heavy atom. The number of phenolic OH excluding ortho intramolecular Hbond substituents is 1. The summed E-state index contributed by atoms with van der Waals surface area (Å²) in [5, 5.41) is 16.3. The van der Waals surface area contributed by atoms with Crippen LogP contribution in [0, 0.1) is 7.14 Å². The summed E-state index contributed by atoms with van der Waals surface area (Å²) in [5.41, 5.74) is 2.05. The Balaban J connectivity index is 1.92. The largest absolute Gasteiger partial charge is 0.506 e. The molecule has 1 amide bonds. The van der Waals surface area contributed by atoms with Crippen LogP contribution in [0.2, 0.25) is 0 Å². The van der Waals surface area contributed by atoms with Gasteiger partial charge < -0.3 is 10.4 Å². The number of carbonyl (C=O) groups is 1. The van der Waals surface area contributed by atoms with E-state index in [0.29, 0.717) is 9.13 Å². The van der Waals surface area contributed by atoms with E-state index in [1.807, 2.05) is 22.6 Å². The van der Waals surface area contributed by atoms with E-state index in [4.69, 9.17) is 0 Å². The van der Waals surface area contributed by atoms with Crippen LogP contribution in [0.1, 0.15) is 11.1 Å². The lowest BCUT2D eigenvalue weighted by Gasteiger charge is -2.10. The van der Waals surface area contributed by atoms with Gasteiger partial charge in [0.1, 0.15) is 5.75 Å². The number of rotatable bonds is 5. The van der Waals surface area contributed by atoms with Crippen molar-refractivity contribution in [2.24, 2.45) is 5.10 Å². The summed E-state index contributed by atoms with van der Waals surface area (Å²) in [7, 11) is 0. The van der Waals surface area contributed by atoms with Gasteiger partial charge in [0.15, 0.2) is 0 Å². The van der Waals surface area contributed by atoms with Crippen molar-refractivity contribution in [1.29, 1.82) is 0 Å². The fraction of sp³-hybridized carbons (Fsp3) is 0.125. The topological polar surface area (TPSA) is 73.7 Å². The summed E-state index contributed by atoms with van der Waals surface area (Å²) >= 11 is 4.06. The molecular formula is C16H12F3I2N3O2. The number of aromatic hydroxyl groups is 1. The summed E-state index contributed by atoms with van der Waals surface area (Å²) < 4.78 is 39.4. The van der Waals surface area contributed by atoms with E-state index in [1.165, 1.54) is 18.3 Å². The zero-order valence-electron chi connectivity index (χ0n) is 12.9. The zero-order chi connectivity index (χ0) is 19.3. The van der Waals surface area contributed by atoms with Gasteiger partial charge in [-0.25, -0.2) is 5.43 Å². The number of alkyl halides is 3. The second kappa shape index (κ2) is 8.88. The van der Waals surface area contributed by atoms with E-state index in [2.05, 4.69) is 38.4 Å². The number of hydrazone groups is 1. The summed E-state index contributed by atoms with van der Waals surface area (Å²) in [6.45, 7) is -0.255. The SMILES string of the molecule is O=C(CNc1cccc(C(F)(F)F)c1)N/N=C\c1cc(I)cc(I)c1O. The van der Waals surface area contributed by atoms with Crippen molar-refractivity contribution >= 4 is 63.0 Å². The number of benzene rings is 2. The maximum absolute atomic E-state index is 12.6. The minimum absolute atomic E-state index is 0.0473. The van der Waals surface area contributed by atoms with Crippen LogP contribution in [0.5, 0.6) is 5.75 Å². The fourth-order valence-electron chi connectivity index (χ4n) is 1.89. The standard InChI is InChI=1S/C16H12F3I2N3O2/c17-16(18,19)10-2-1-3-12(5-10)22-8-14(25)24-23-7-9-4-11(20)6-13(21)15(9)26/h1-7,22,26H,8H2,(H,24,25)/b23-7-. The van der Waals surface area contributed by atoms with Gasteiger partial charge in [-0.3, -0.25) is 4.79 Å². The minimum Gasteiger partial charge on any atom is -0.506 e. The minimum atomic E-state index is -4.45. The second-order valence-corrected chi connectivity index (χ2v) is 7.46. The molecule has 2 aromatic carbocycles. The Bertz CT molecular complexity index is 842. The molecule has 0 bridgehead atoms. The summed E-state index contributed by atoms with van der Waals surface area (Å²) in [6, 6.07) is 8.02. The molecule has 0 radical (unpaired) electrons. The predicted molar refractivity (Wildman–Crippen MR) is 109 cm³/mol. The molecule has 26 heavy (non-hydrogen) atoms. The lowest BCUT2D eigenvalue weighted by molar-refractivity contribution is -0.137. The smallest absolute Gasteiger partial charge is 0.416 e. The number of nitrogens with one attached hydrogen (secondary N) is 2. The Labute approximate surface area is 174 Å². The first kappa shape index (κ1) is 20.7. The number of amides is 1. The van der Waals surface area contributed by atoms with Crippen LogP contribution in [-0.4, -0.2) is 23.8 Å². The maximum atomic E-state index is 12.6. The highest BCUT2D eigenvalue weighted by Gasteiger charge is 2.30. The maximum Gasteiger partial charge on any atom is 0.416 e. The second-order valence-electron chi connectivity index (χ2n) is 5.05. The lowest BCUT2D eigenvalue weighted by atomic mass is 10.2. The van der Waals surface area contributed by atoms with Gasteiger partial charge in [0.25, 0.3) is 5.91 Å². The number of halogens is 5. The van der Waals surface area contributed by atoms with Crippen LogP contribution in [0.3, 0.4) is 0 Å². The fourth-order valence-corrected chi connectivity index (χ4v) is 3.78. The van der Waals surface area contributed by atoms with Crippen LogP contribution in [0.15, 0.2) is 41.5 Å². The first-order valence-electron chi connectivity index (χ1n) is 7.08. The quantitative estimate of drug-likeness (QED) is 0.279. The molecule has 5 nitrogen and oxygen atoms in total. The van der Waals surface area contributed by atoms with E-state index in [1.54, 1.807) is 12.1 Å². The molecule has 10 heteroatoms. The average Bonchev–Trinajstić information content (AvgIpc) is 2.56. The molecule has 0 spiro atoms. The molecule has 3 N–H and O–H groups in total. The van der Waals surface area contributed by atoms with Gasteiger partial charge in [-0.2, -0.15) is 18.3 Å². The molecule has 0 saturated heterocycles. The third-order valence-corrected chi connectivity index (χ3v) is 4.54. The van der Waals surface area contributed by atoms with Gasteiger partial charge in [-0.15, -0.1) is 0 Å². The summed E-state index contributed by atoms with van der Waals surface area (Å²) in [6.07, 6.45) is -3.15. The normalized spacial score (nSPS) is 11.6. The van der Waals surface area contributed by atoms with E-state index in [-0.39, 0.29) is 18.0 Å². The van der Waals surface area contributed by atoms with Crippen molar-refractivity contribution in [2.45, 2.75) is 6.18 Å². The summed E-state index contributed by atoms with van der Waals surface area (Å²) in [4.78, 5) is 11.7. The van der Waals surface area contributed by atoms with Gasteiger partial charge in [0, 0.05) is 14.8 Å². The molecule has 0 unspecified atom stereocenters. The Morgan fingerprint density at radius 2 is 1.96 bits per heavy atom. The third-order valence-electron chi connectivity index (χ3n) is 3.09. The van der Waals surface area contributed by atoms with Gasteiger partial charge >= 0.3 is 6.18 Å². The van der Waals surface area contributed by atoms with Crippen molar-refractivity contribution in [3.05, 3.63) is 54.7 Å². The monoisotopic (exact) mass is 589 g/mol. The van der Waals surface area contributed by atoms with Crippen molar-refractivity contribution < 1.29 is 23.1 Å². The molecule has 0 aliphatic heterocycles. The number of hydrogen-bond donors (Lipinski definition) is 3. The number of carbonyl (C=O) groups excluding carboxylic acids is 1. The molecule has 138 valence electrons. The summed E-state index contributed by atoms with van der Waals surface area (Å²) in [5.74, 6) is -0.496. The van der Waals surface area contributed by atoms with Crippen LogP contribution < -0.4 is 10.7 Å². The van der Waals surface area contributed by atoms with Crippen LogP contribution in [-0.2, 0) is 11.0 Å². The van der Waals surface area contributed by atoms with Gasteiger partial charge in [-0.1, -0.05) is 6.07 Å². The van der Waals surface area contributed by atoms with Crippen molar-refractivity contribution in [2.75, 3.05) is 11.9 Å². The highest BCUT2D eigenvalue weighted by molar-refractivity contribution is 14.1. The molecule has 0 aromatic heterocycles. The molecule has 0 heterocycles. The first-order chi connectivity index (χ1) is 12.2. The van der Waals surface area contributed by atoms with E-state index in [9.17, 15) is 23.1 Å². The number of anilines is 1. The number of phenols is 1.